The molecule has 2 amide bonds. The second-order valence-corrected chi connectivity index (χ2v) is 6.36. The lowest BCUT2D eigenvalue weighted by Gasteiger charge is -2.20. The Morgan fingerprint density at radius 1 is 1.37 bits per heavy atom. The Morgan fingerprint density at radius 3 is 2.85 bits per heavy atom. The van der Waals surface area contributed by atoms with E-state index in [4.69, 9.17) is 9.84 Å². The number of ether oxygens (including phenoxy) is 1. The van der Waals surface area contributed by atoms with Crippen LogP contribution >= 0.6 is 0 Å². The zero-order valence-electron chi connectivity index (χ0n) is 15.0. The lowest BCUT2D eigenvalue weighted by atomic mass is 10.1. The third-order valence-corrected chi connectivity index (χ3v) is 4.31. The van der Waals surface area contributed by atoms with E-state index in [1.54, 1.807) is 11.0 Å². The van der Waals surface area contributed by atoms with Gasteiger partial charge in [0.05, 0.1) is 18.7 Å². The summed E-state index contributed by atoms with van der Waals surface area (Å²) in [5, 5.41) is 15.4. The first-order valence-electron chi connectivity index (χ1n) is 8.38. The SMILES string of the molecule is COc1ccc(C)cc1N1C[C@H](C(=O)Nc2ccn(CC(=O)O)n2)CC1=O. The molecule has 1 atom stereocenters. The highest BCUT2D eigenvalue weighted by atomic mass is 16.5. The molecule has 2 heterocycles. The summed E-state index contributed by atoms with van der Waals surface area (Å²) in [7, 11) is 1.53. The first-order chi connectivity index (χ1) is 12.9. The number of carboxylic acid groups (broad SMARTS) is 1. The summed E-state index contributed by atoms with van der Waals surface area (Å²) in [4.78, 5) is 37.2. The number of anilines is 2. The molecule has 0 aliphatic carbocycles. The van der Waals surface area contributed by atoms with Crippen LogP contribution in [-0.4, -0.2) is 46.3 Å². The van der Waals surface area contributed by atoms with Gasteiger partial charge in [-0.05, 0) is 24.6 Å². The number of rotatable bonds is 6. The smallest absolute Gasteiger partial charge is 0.325 e. The third kappa shape index (κ3) is 4.08. The number of methoxy groups -OCH3 is 1. The summed E-state index contributed by atoms with van der Waals surface area (Å²) in [6.45, 7) is 1.86. The van der Waals surface area contributed by atoms with E-state index in [0.29, 0.717) is 11.4 Å². The second-order valence-electron chi connectivity index (χ2n) is 6.36. The molecular formula is C18H20N4O5. The van der Waals surface area contributed by atoms with Crippen LogP contribution < -0.4 is 15.0 Å². The molecule has 0 bridgehead atoms. The van der Waals surface area contributed by atoms with Crippen LogP contribution in [-0.2, 0) is 20.9 Å². The number of hydrogen-bond donors (Lipinski definition) is 2. The normalized spacial score (nSPS) is 16.4. The molecule has 1 aliphatic heterocycles. The fourth-order valence-corrected chi connectivity index (χ4v) is 3.01. The molecule has 0 saturated carbocycles. The molecular weight excluding hydrogens is 352 g/mol. The average Bonchev–Trinajstić information content (AvgIpc) is 3.20. The van der Waals surface area contributed by atoms with Gasteiger partial charge in [0, 0.05) is 25.2 Å². The van der Waals surface area contributed by atoms with E-state index >= 15 is 0 Å². The van der Waals surface area contributed by atoms with Crippen LogP contribution in [0.25, 0.3) is 0 Å². The van der Waals surface area contributed by atoms with Crippen molar-refractivity contribution in [3.8, 4) is 5.75 Å². The van der Waals surface area contributed by atoms with Crippen molar-refractivity contribution in [1.29, 1.82) is 0 Å². The zero-order valence-corrected chi connectivity index (χ0v) is 15.0. The van der Waals surface area contributed by atoms with E-state index in [9.17, 15) is 14.4 Å². The minimum absolute atomic E-state index is 0.0821. The van der Waals surface area contributed by atoms with Gasteiger partial charge in [0.25, 0.3) is 0 Å². The predicted octanol–water partition coefficient (Wildman–Crippen LogP) is 1.28. The number of nitrogens with zero attached hydrogens (tertiary/aromatic N) is 3. The van der Waals surface area contributed by atoms with Gasteiger partial charge in [-0.2, -0.15) is 5.10 Å². The van der Waals surface area contributed by atoms with Crippen molar-refractivity contribution < 1.29 is 24.2 Å². The summed E-state index contributed by atoms with van der Waals surface area (Å²) >= 11 is 0. The molecule has 1 aromatic carbocycles. The monoisotopic (exact) mass is 372 g/mol. The van der Waals surface area contributed by atoms with Gasteiger partial charge in [0.1, 0.15) is 12.3 Å². The van der Waals surface area contributed by atoms with Crippen molar-refractivity contribution >= 4 is 29.3 Å². The number of nitrogens with one attached hydrogen (secondary N) is 1. The first-order valence-corrected chi connectivity index (χ1v) is 8.38. The van der Waals surface area contributed by atoms with Crippen molar-refractivity contribution in [2.45, 2.75) is 19.9 Å². The fraction of sp³-hybridized carbons (Fsp3) is 0.333. The standard InChI is InChI=1S/C18H20N4O5/c1-11-3-4-14(27-2)13(7-11)22-9-12(8-16(22)23)18(26)19-15-5-6-21(20-15)10-17(24)25/h3-7,12H,8-10H2,1-2H3,(H,24,25)(H,19,20,26)/t12-/m1/s1. The van der Waals surface area contributed by atoms with E-state index in [-0.39, 0.29) is 37.1 Å². The molecule has 1 saturated heterocycles. The maximum absolute atomic E-state index is 12.5. The highest BCUT2D eigenvalue weighted by Gasteiger charge is 2.36. The van der Waals surface area contributed by atoms with Crippen LogP contribution in [0.15, 0.2) is 30.5 Å². The summed E-state index contributed by atoms with van der Waals surface area (Å²) < 4.78 is 6.54. The number of carboxylic acids is 1. The number of aromatic nitrogens is 2. The number of amides is 2. The summed E-state index contributed by atoms with van der Waals surface area (Å²) in [5.41, 5.74) is 1.62. The molecule has 2 N–H and O–H groups in total. The van der Waals surface area contributed by atoms with Gasteiger partial charge in [0.15, 0.2) is 5.82 Å². The van der Waals surface area contributed by atoms with Crippen LogP contribution in [0.4, 0.5) is 11.5 Å². The van der Waals surface area contributed by atoms with Crippen LogP contribution in [0.2, 0.25) is 0 Å². The Bertz CT molecular complexity index is 892. The Kier molecular flexibility index (Phi) is 5.11. The molecule has 3 rings (SSSR count). The third-order valence-electron chi connectivity index (χ3n) is 4.31. The number of aryl methyl sites for hydroxylation is 1. The minimum atomic E-state index is -1.03. The fourth-order valence-electron chi connectivity index (χ4n) is 3.01. The zero-order chi connectivity index (χ0) is 19.6. The molecule has 2 aromatic rings. The minimum Gasteiger partial charge on any atom is -0.495 e. The number of benzene rings is 1. The Hall–Kier alpha value is -3.36. The van der Waals surface area contributed by atoms with Crippen molar-refractivity contribution in [3.63, 3.8) is 0 Å². The number of aliphatic carboxylic acids is 1. The van der Waals surface area contributed by atoms with Crippen LogP contribution in [0.5, 0.6) is 5.75 Å². The maximum atomic E-state index is 12.5. The summed E-state index contributed by atoms with van der Waals surface area (Å²) in [6.07, 6.45) is 1.55. The summed E-state index contributed by atoms with van der Waals surface area (Å²) in [6, 6.07) is 7.05. The highest BCUT2D eigenvalue weighted by molar-refractivity contribution is 6.04. The van der Waals surface area contributed by atoms with Gasteiger partial charge in [-0.15, -0.1) is 0 Å². The van der Waals surface area contributed by atoms with E-state index < -0.39 is 11.9 Å². The molecule has 142 valence electrons. The maximum Gasteiger partial charge on any atom is 0.325 e. The molecule has 0 unspecified atom stereocenters. The van der Waals surface area contributed by atoms with Crippen LogP contribution in [0.1, 0.15) is 12.0 Å². The highest BCUT2D eigenvalue weighted by Crippen LogP contribution is 2.34. The molecule has 0 spiro atoms. The van der Waals surface area contributed by atoms with Gasteiger partial charge in [-0.3, -0.25) is 19.1 Å². The van der Waals surface area contributed by atoms with Gasteiger partial charge >= 0.3 is 5.97 Å². The quantitative estimate of drug-likeness (QED) is 0.789. The number of carbonyl (C=O) groups excluding carboxylic acids is 2. The molecule has 0 radical (unpaired) electrons. The molecule has 9 heteroatoms. The first kappa shape index (κ1) is 18.4. The second kappa shape index (κ2) is 7.48. The average molecular weight is 372 g/mol. The van der Waals surface area contributed by atoms with E-state index in [1.165, 1.54) is 24.1 Å². The van der Waals surface area contributed by atoms with E-state index in [1.807, 2.05) is 19.1 Å². The molecule has 27 heavy (non-hydrogen) atoms. The molecule has 1 fully saturated rings. The van der Waals surface area contributed by atoms with Gasteiger partial charge < -0.3 is 20.1 Å². The molecule has 1 aromatic heterocycles. The Labute approximate surface area is 155 Å². The van der Waals surface area contributed by atoms with Crippen molar-refractivity contribution in [1.82, 2.24) is 9.78 Å². The Morgan fingerprint density at radius 2 is 2.15 bits per heavy atom. The van der Waals surface area contributed by atoms with E-state index in [2.05, 4.69) is 10.4 Å². The molecule has 1 aliphatic rings. The lowest BCUT2D eigenvalue weighted by molar-refractivity contribution is -0.137. The molecule has 9 nitrogen and oxygen atoms in total. The van der Waals surface area contributed by atoms with Crippen molar-refractivity contribution in [2.24, 2.45) is 5.92 Å². The van der Waals surface area contributed by atoms with Gasteiger partial charge in [0.2, 0.25) is 11.8 Å². The lowest BCUT2D eigenvalue weighted by Crippen LogP contribution is -2.28. The van der Waals surface area contributed by atoms with Crippen molar-refractivity contribution in [2.75, 3.05) is 23.9 Å². The van der Waals surface area contributed by atoms with Crippen molar-refractivity contribution in [3.05, 3.63) is 36.0 Å². The number of hydrogen-bond acceptors (Lipinski definition) is 5. The predicted molar refractivity (Wildman–Crippen MR) is 96.7 cm³/mol. The van der Waals surface area contributed by atoms with Gasteiger partial charge in [-0.25, -0.2) is 0 Å². The van der Waals surface area contributed by atoms with E-state index in [0.717, 1.165) is 5.56 Å². The van der Waals surface area contributed by atoms with Gasteiger partial charge in [-0.1, -0.05) is 6.07 Å². The largest absolute Gasteiger partial charge is 0.495 e. The number of carbonyl (C=O) groups is 3. The topological polar surface area (TPSA) is 114 Å². The van der Waals surface area contributed by atoms with Crippen LogP contribution in [0.3, 0.4) is 0 Å². The summed E-state index contributed by atoms with van der Waals surface area (Å²) in [5.74, 6) is -1.23. The Balaban J connectivity index is 1.70. The van der Waals surface area contributed by atoms with Crippen LogP contribution in [0, 0.1) is 12.8 Å².